The highest BCUT2D eigenvalue weighted by molar-refractivity contribution is 6.31. The summed E-state index contributed by atoms with van der Waals surface area (Å²) in [6.07, 6.45) is -8.01. The molecular formula is C8H5ClF5NO. The molecule has 90 valence electrons. The minimum Gasteiger partial charge on any atom is -0.388 e. The molecule has 8 heteroatoms. The Balaban J connectivity index is 3.14. The summed E-state index contributed by atoms with van der Waals surface area (Å²) < 4.78 is 63.6. The Labute approximate surface area is 92.0 Å². The van der Waals surface area contributed by atoms with Crippen molar-refractivity contribution in [2.24, 2.45) is 0 Å². The van der Waals surface area contributed by atoms with Crippen LogP contribution in [-0.2, 0) is 0 Å². The fourth-order valence-electron chi connectivity index (χ4n) is 0.957. The number of nitrogens with zero attached hydrogens (tertiary/aromatic N) is 1. The average Bonchev–Trinajstić information content (AvgIpc) is 2.07. The van der Waals surface area contributed by atoms with Crippen LogP contribution in [0.4, 0.5) is 22.0 Å². The van der Waals surface area contributed by atoms with Gasteiger partial charge in [0.15, 0.2) is 0 Å². The van der Waals surface area contributed by atoms with E-state index in [0.717, 1.165) is 6.07 Å². The molecule has 1 aromatic rings. The maximum Gasteiger partial charge on any atom is 0.574 e. The number of hydrogen-bond donors (Lipinski definition) is 0. The first-order valence-electron chi connectivity index (χ1n) is 3.91. The van der Waals surface area contributed by atoms with Gasteiger partial charge in [-0.15, -0.1) is 13.2 Å². The van der Waals surface area contributed by atoms with Gasteiger partial charge in [0.1, 0.15) is 5.69 Å². The molecule has 0 saturated carbocycles. The Hall–Kier alpha value is -1.11. The maximum atomic E-state index is 12.4. The summed E-state index contributed by atoms with van der Waals surface area (Å²) in [5.74, 6) is -1.00. The Kier molecular flexibility index (Phi) is 3.57. The van der Waals surface area contributed by atoms with Crippen LogP contribution >= 0.6 is 11.6 Å². The lowest BCUT2D eigenvalue weighted by Gasteiger charge is -2.11. The molecule has 0 atom stereocenters. The quantitative estimate of drug-likeness (QED) is 0.754. The molecule has 0 fully saturated rings. The third-order valence-electron chi connectivity index (χ3n) is 1.65. The number of ether oxygens (including phenoxy) is 1. The molecule has 1 aromatic heterocycles. The van der Waals surface area contributed by atoms with E-state index in [1.165, 1.54) is 6.92 Å². The zero-order chi connectivity index (χ0) is 12.5. The molecule has 0 spiro atoms. The molecule has 0 aliphatic heterocycles. The first-order valence-corrected chi connectivity index (χ1v) is 4.29. The van der Waals surface area contributed by atoms with Crippen LogP contribution in [0, 0.1) is 6.92 Å². The van der Waals surface area contributed by atoms with Crippen molar-refractivity contribution in [3.05, 3.63) is 22.3 Å². The molecule has 0 saturated heterocycles. The number of hydrogen-bond acceptors (Lipinski definition) is 2. The molecule has 0 aliphatic carbocycles. The van der Waals surface area contributed by atoms with E-state index in [-0.39, 0.29) is 10.6 Å². The third kappa shape index (κ3) is 3.19. The fourth-order valence-corrected chi connectivity index (χ4v) is 1.15. The van der Waals surface area contributed by atoms with Crippen LogP contribution in [0.5, 0.6) is 5.88 Å². The highest BCUT2D eigenvalue weighted by Crippen LogP contribution is 2.31. The molecule has 0 N–H and O–H groups in total. The molecule has 0 aliphatic rings. The standard InChI is InChI=1S/C8H5ClF5NO/c1-3-4(9)2-5(16-8(12,13)14)15-6(3)7(10)11/h2,7H,1H3. The van der Waals surface area contributed by atoms with Crippen molar-refractivity contribution in [2.75, 3.05) is 0 Å². The van der Waals surface area contributed by atoms with E-state index in [1.54, 1.807) is 0 Å². The number of aromatic nitrogens is 1. The van der Waals surface area contributed by atoms with E-state index in [1.807, 2.05) is 0 Å². The Morgan fingerprint density at radius 2 is 1.94 bits per heavy atom. The van der Waals surface area contributed by atoms with Gasteiger partial charge in [-0.3, -0.25) is 0 Å². The van der Waals surface area contributed by atoms with Crippen LogP contribution in [-0.4, -0.2) is 11.3 Å². The third-order valence-corrected chi connectivity index (χ3v) is 2.04. The van der Waals surface area contributed by atoms with Gasteiger partial charge in [-0.25, -0.2) is 13.8 Å². The normalized spacial score (nSPS) is 12.0. The summed E-state index contributed by atoms with van der Waals surface area (Å²) in [6, 6.07) is 0.732. The van der Waals surface area contributed by atoms with E-state index in [2.05, 4.69) is 9.72 Å². The van der Waals surface area contributed by atoms with Crippen molar-refractivity contribution in [1.29, 1.82) is 0 Å². The van der Waals surface area contributed by atoms with Crippen molar-refractivity contribution < 1.29 is 26.7 Å². The summed E-state index contributed by atoms with van der Waals surface area (Å²) in [4.78, 5) is 3.04. The minimum atomic E-state index is -5.00. The van der Waals surface area contributed by atoms with Crippen LogP contribution < -0.4 is 4.74 Å². The lowest BCUT2D eigenvalue weighted by molar-refractivity contribution is -0.276. The van der Waals surface area contributed by atoms with Crippen molar-refractivity contribution in [2.45, 2.75) is 19.7 Å². The van der Waals surface area contributed by atoms with E-state index in [0.29, 0.717) is 0 Å². The minimum absolute atomic E-state index is 0.0776. The first kappa shape index (κ1) is 13.0. The molecule has 2 nitrogen and oxygen atoms in total. The second-order valence-electron chi connectivity index (χ2n) is 2.80. The lowest BCUT2D eigenvalue weighted by atomic mass is 10.2. The van der Waals surface area contributed by atoms with Gasteiger partial charge in [0.25, 0.3) is 6.43 Å². The van der Waals surface area contributed by atoms with Crippen LogP contribution in [0.2, 0.25) is 5.02 Å². The summed E-state index contributed by atoms with van der Waals surface area (Å²) in [7, 11) is 0. The molecular weight excluding hydrogens is 257 g/mol. The van der Waals surface area contributed by atoms with Crippen LogP contribution in [0.3, 0.4) is 0 Å². The van der Waals surface area contributed by atoms with Gasteiger partial charge in [0.2, 0.25) is 5.88 Å². The van der Waals surface area contributed by atoms with Gasteiger partial charge in [0.05, 0.1) is 5.02 Å². The topological polar surface area (TPSA) is 22.1 Å². The Bertz CT molecular complexity index is 393. The van der Waals surface area contributed by atoms with Crippen LogP contribution in [0.1, 0.15) is 17.7 Å². The summed E-state index contributed by atoms with van der Waals surface area (Å²) >= 11 is 5.47. The van der Waals surface area contributed by atoms with E-state index < -0.39 is 24.4 Å². The van der Waals surface area contributed by atoms with E-state index >= 15 is 0 Å². The molecule has 0 unspecified atom stereocenters. The molecule has 1 rings (SSSR count). The molecule has 16 heavy (non-hydrogen) atoms. The van der Waals surface area contributed by atoms with Crippen molar-refractivity contribution in [3.63, 3.8) is 0 Å². The predicted octanol–water partition coefficient (Wildman–Crippen LogP) is 3.88. The van der Waals surface area contributed by atoms with E-state index in [9.17, 15) is 22.0 Å². The fraction of sp³-hybridized carbons (Fsp3) is 0.375. The Morgan fingerprint density at radius 1 is 1.38 bits per heavy atom. The van der Waals surface area contributed by atoms with E-state index in [4.69, 9.17) is 11.6 Å². The lowest BCUT2D eigenvalue weighted by Crippen LogP contribution is -2.18. The zero-order valence-corrected chi connectivity index (χ0v) is 8.53. The largest absolute Gasteiger partial charge is 0.574 e. The molecule has 0 amide bonds. The number of rotatable bonds is 2. The summed E-state index contributed by atoms with van der Waals surface area (Å²) in [5, 5.41) is -0.260. The highest BCUT2D eigenvalue weighted by Gasteiger charge is 2.32. The maximum absolute atomic E-state index is 12.4. The monoisotopic (exact) mass is 261 g/mol. The van der Waals surface area contributed by atoms with Gasteiger partial charge in [-0.2, -0.15) is 0 Å². The second-order valence-corrected chi connectivity index (χ2v) is 3.21. The van der Waals surface area contributed by atoms with Crippen molar-refractivity contribution in [1.82, 2.24) is 4.98 Å². The van der Waals surface area contributed by atoms with Gasteiger partial charge >= 0.3 is 6.36 Å². The van der Waals surface area contributed by atoms with Crippen LogP contribution in [0.25, 0.3) is 0 Å². The van der Waals surface area contributed by atoms with Gasteiger partial charge in [-0.05, 0) is 12.5 Å². The zero-order valence-electron chi connectivity index (χ0n) is 7.78. The Morgan fingerprint density at radius 3 is 2.38 bits per heavy atom. The van der Waals surface area contributed by atoms with Crippen molar-refractivity contribution >= 4 is 11.6 Å². The molecule has 1 heterocycles. The predicted molar refractivity (Wildman–Crippen MR) is 45.6 cm³/mol. The second kappa shape index (κ2) is 4.40. The van der Waals surface area contributed by atoms with Gasteiger partial charge < -0.3 is 4.74 Å². The van der Waals surface area contributed by atoms with Crippen molar-refractivity contribution in [3.8, 4) is 5.88 Å². The molecule has 0 bridgehead atoms. The smallest absolute Gasteiger partial charge is 0.388 e. The number of halogens is 6. The number of alkyl halides is 5. The van der Waals surface area contributed by atoms with Crippen LogP contribution in [0.15, 0.2) is 6.07 Å². The highest BCUT2D eigenvalue weighted by atomic mass is 35.5. The average molecular weight is 262 g/mol. The summed E-state index contributed by atoms with van der Waals surface area (Å²) in [5.41, 5.74) is -0.905. The summed E-state index contributed by atoms with van der Waals surface area (Å²) in [6.45, 7) is 1.23. The molecule has 0 aromatic carbocycles. The van der Waals surface area contributed by atoms with Gasteiger partial charge in [-0.1, -0.05) is 11.6 Å². The number of pyridine rings is 1. The van der Waals surface area contributed by atoms with Gasteiger partial charge in [0, 0.05) is 6.07 Å². The first-order chi connectivity index (χ1) is 7.20. The SMILES string of the molecule is Cc1c(Cl)cc(OC(F)(F)F)nc1C(F)F. The molecule has 0 radical (unpaired) electrons.